The van der Waals surface area contributed by atoms with E-state index in [1.807, 2.05) is 49.1 Å². The molecule has 4 rings (SSSR count). The summed E-state index contributed by atoms with van der Waals surface area (Å²) in [5.41, 5.74) is 2.51. The first-order chi connectivity index (χ1) is 19.7. The first-order valence-electron chi connectivity index (χ1n) is 14.0. The highest BCUT2D eigenvalue weighted by molar-refractivity contribution is 5.94. The van der Waals surface area contributed by atoms with Crippen LogP contribution in [0.15, 0.2) is 60.2 Å². The molecular weight excluding hydrogens is 520 g/mol. The molecule has 0 fully saturated rings. The summed E-state index contributed by atoms with van der Waals surface area (Å²) in [6, 6.07) is 14.5. The van der Waals surface area contributed by atoms with Gasteiger partial charge >= 0.3 is 0 Å². The van der Waals surface area contributed by atoms with Crippen LogP contribution in [0.3, 0.4) is 0 Å². The van der Waals surface area contributed by atoms with Crippen LogP contribution in [0.2, 0.25) is 0 Å². The van der Waals surface area contributed by atoms with Crippen LogP contribution in [0.4, 0.5) is 0 Å². The van der Waals surface area contributed by atoms with E-state index >= 15 is 0 Å². The number of carbonyl (C=O) groups excluding carboxylic acids is 2. The van der Waals surface area contributed by atoms with E-state index in [-0.39, 0.29) is 36.9 Å². The Labute approximate surface area is 241 Å². The van der Waals surface area contributed by atoms with Crippen molar-refractivity contribution >= 4 is 11.8 Å². The maximum Gasteiger partial charge on any atom is 0.251 e. The van der Waals surface area contributed by atoms with Crippen molar-refractivity contribution in [1.82, 2.24) is 30.3 Å². The van der Waals surface area contributed by atoms with Gasteiger partial charge in [-0.25, -0.2) is 9.67 Å². The predicted octanol–water partition coefficient (Wildman–Crippen LogP) is 3.86. The van der Waals surface area contributed by atoms with E-state index in [1.165, 1.54) is 0 Å². The number of fused-ring (bicyclic) bond motifs is 3. The fourth-order valence-electron chi connectivity index (χ4n) is 4.56. The number of hydrogen-bond acceptors (Lipinski definition) is 7. The zero-order valence-electron chi connectivity index (χ0n) is 24.5. The lowest BCUT2D eigenvalue weighted by Gasteiger charge is -2.25. The number of nitrogens with zero attached hydrogens (tertiary/aromatic N) is 4. The first kappa shape index (κ1) is 29.8. The van der Waals surface area contributed by atoms with Gasteiger partial charge in [0.1, 0.15) is 6.61 Å². The Morgan fingerprint density at radius 3 is 2.61 bits per heavy atom. The van der Waals surface area contributed by atoms with Crippen molar-refractivity contribution < 1.29 is 19.1 Å². The summed E-state index contributed by atoms with van der Waals surface area (Å²) in [6.07, 6.45) is 2.08. The van der Waals surface area contributed by atoms with Gasteiger partial charge in [0.05, 0.1) is 26.2 Å². The minimum Gasteiger partial charge on any atom is -0.493 e. The fraction of sp³-hybridized carbons (Fsp3) is 0.419. The summed E-state index contributed by atoms with van der Waals surface area (Å²) in [5, 5.41) is 11.0. The van der Waals surface area contributed by atoms with Gasteiger partial charge in [-0.15, -0.1) is 0 Å². The van der Waals surface area contributed by atoms with E-state index in [0.29, 0.717) is 54.9 Å². The lowest BCUT2D eigenvalue weighted by molar-refractivity contribution is -0.123. The number of ether oxygens (including phenoxy) is 2. The van der Waals surface area contributed by atoms with Crippen molar-refractivity contribution in [3.05, 3.63) is 71.6 Å². The zero-order chi connectivity index (χ0) is 29.4. The minimum absolute atomic E-state index is 0.0517. The Morgan fingerprint density at radius 2 is 1.90 bits per heavy atom. The summed E-state index contributed by atoms with van der Waals surface area (Å²) in [4.78, 5) is 33.2. The van der Waals surface area contributed by atoms with Crippen molar-refractivity contribution in [2.24, 2.45) is 5.92 Å². The molecular formula is C31H40N6O4. The number of allylic oxidation sites excluding steroid dienone is 1. The topological polar surface area (TPSA) is 111 Å². The number of methoxy groups -OCH3 is 1. The summed E-state index contributed by atoms with van der Waals surface area (Å²) >= 11 is 0. The van der Waals surface area contributed by atoms with E-state index < -0.39 is 0 Å². The second-order valence-electron chi connectivity index (χ2n) is 10.7. The smallest absolute Gasteiger partial charge is 0.251 e. The maximum absolute atomic E-state index is 13.4. The largest absolute Gasteiger partial charge is 0.493 e. The van der Waals surface area contributed by atoms with Gasteiger partial charge in [0.2, 0.25) is 5.91 Å². The number of carbonyl (C=O) groups is 2. The monoisotopic (exact) mass is 560 g/mol. The lowest BCUT2D eigenvalue weighted by Crippen LogP contribution is -2.43. The Hall–Kier alpha value is -4.18. The van der Waals surface area contributed by atoms with Crippen molar-refractivity contribution in [3.8, 4) is 22.9 Å². The normalized spacial score (nSPS) is 17.1. The van der Waals surface area contributed by atoms with Crippen LogP contribution >= 0.6 is 0 Å². The minimum atomic E-state index is -0.369. The molecule has 0 unspecified atom stereocenters. The van der Waals surface area contributed by atoms with Crippen molar-refractivity contribution in [1.29, 1.82) is 0 Å². The van der Waals surface area contributed by atoms with Gasteiger partial charge in [-0.2, -0.15) is 5.10 Å². The highest BCUT2D eigenvalue weighted by Gasteiger charge is 2.26. The molecule has 1 aliphatic rings. The Balaban J connectivity index is 1.72. The summed E-state index contributed by atoms with van der Waals surface area (Å²) < 4.78 is 13.4. The van der Waals surface area contributed by atoms with Crippen molar-refractivity contribution in [2.45, 2.75) is 40.3 Å². The molecule has 0 aliphatic carbocycles. The Bertz CT molecular complexity index is 1360. The van der Waals surface area contributed by atoms with Gasteiger partial charge in [-0.05, 0) is 38.0 Å². The molecule has 0 radical (unpaired) electrons. The van der Waals surface area contributed by atoms with Crippen LogP contribution in [0.5, 0.6) is 11.5 Å². The van der Waals surface area contributed by atoms with E-state index in [4.69, 9.17) is 19.6 Å². The molecule has 1 aromatic heterocycles. The van der Waals surface area contributed by atoms with Gasteiger partial charge in [0, 0.05) is 30.8 Å². The summed E-state index contributed by atoms with van der Waals surface area (Å²) in [6.45, 7) is 10.4. The van der Waals surface area contributed by atoms with Gasteiger partial charge in [0.15, 0.2) is 23.1 Å². The molecule has 41 heavy (non-hydrogen) atoms. The van der Waals surface area contributed by atoms with Crippen LogP contribution in [0.1, 0.15) is 49.9 Å². The number of hydrogen-bond donors (Lipinski definition) is 2. The van der Waals surface area contributed by atoms with Crippen LogP contribution in [-0.2, 0) is 11.3 Å². The molecule has 10 heteroatoms. The lowest BCUT2D eigenvalue weighted by atomic mass is 10.0. The van der Waals surface area contributed by atoms with Crippen LogP contribution < -0.4 is 20.1 Å². The van der Waals surface area contributed by atoms with Crippen LogP contribution in [0, 0.1) is 5.92 Å². The molecule has 2 aromatic carbocycles. The number of nitrogens with one attached hydrogen (secondary N) is 2. The van der Waals surface area contributed by atoms with Gasteiger partial charge in [-0.3, -0.25) is 14.5 Å². The fourth-order valence-corrected chi connectivity index (χ4v) is 4.56. The van der Waals surface area contributed by atoms with E-state index in [2.05, 4.69) is 30.6 Å². The van der Waals surface area contributed by atoms with Gasteiger partial charge < -0.3 is 20.1 Å². The first-order valence-corrected chi connectivity index (χ1v) is 14.0. The summed E-state index contributed by atoms with van der Waals surface area (Å²) in [7, 11) is 1.57. The molecule has 1 atom stereocenters. The molecule has 2 bridgehead atoms. The second-order valence-corrected chi connectivity index (χ2v) is 10.7. The van der Waals surface area contributed by atoms with Gasteiger partial charge in [0.25, 0.3) is 5.91 Å². The molecule has 2 N–H and O–H groups in total. The number of amides is 2. The zero-order valence-corrected chi connectivity index (χ0v) is 24.5. The van der Waals surface area contributed by atoms with Crippen LogP contribution in [0.25, 0.3) is 11.4 Å². The van der Waals surface area contributed by atoms with Crippen LogP contribution in [-0.4, -0.2) is 71.4 Å². The standard InChI is InChI=1S/C31H40N6O4/c1-21(2)13-15-36-16-14-32-31(39)24-11-12-25(40-5)26(19-24)41-18-17-37-30(28(22(3)4)33-27(38)20-36)34-29(35-37)23-9-7-6-8-10-23/h6-13,19,22,28H,14-18,20H2,1-5H3,(H,32,39)(H,33,38)/t28-/m1/s1. The average molecular weight is 561 g/mol. The molecule has 10 nitrogen and oxygen atoms in total. The molecule has 2 amide bonds. The molecule has 1 aliphatic heterocycles. The van der Waals surface area contributed by atoms with E-state index in [1.54, 1.807) is 30.0 Å². The maximum atomic E-state index is 13.4. The Morgan fingerprint density at radius 1 is 1.12 bits per heavy atom. The predicted molar refractivity (Wildman–Crippen MR) is 158 cm³/mol. The molecule has 0 saturated heterocycles. The summed E-state index contributed by atoms with van der Waals surface area (Å²) in [5.74, 6) is 1.95. The number of rotatable bonds is 5. The highest BCUT2D eigenvalue weighted by Crippen LogP contribution is 2.29. The molecule has 218 valence electrons. The van der Waals surface area contributed by atoms with Crippen molar-refractivity contribution in [2.75, 3.05) is 39.9 Å². The Kier molecular flexibility index (Phi) is 10.1. The molecule has 0 spiro atoms. The highest BCUT2D eigenvalue weighted by atomic mass is 16.5. The van der Waals surface area contributed by atoms with E-state index in [9.17, 15) is 9.59 Å². The average Bonchev–Trinajstić information content (AvgIpc) is 3.37. The van der Waals surface area contributed by atoms with Crippen molar-refractivity contribution in [3.63, 3.8) is 0 Å². The number of benzene rings is 2. The third-order valence-corrected chi connectivity index (χ3v) is 6.82. The SMILES string of the molecule is COc1ccc2cc1OCCn1nc(-c3ccccc3)nc1[C@@H](C(C)C)NC(=O)CN(CC=C(C)C)CCNC2=O. The molecule has 2 heterocycles. The third kappa shape index (κ3) is 7.94. The van der Waals surface area contributed by atoms with E-state index in [0.717, 1.165) is 11.1 Å². The quantitative estimate of drug-likeness (QED) is 0.456. The third-order valence-electron chi connectivity index (χ3n) is 6.82. The molecule has 3 aromatic rings. The number of aromatic nitrogens is 3. The second kappa shape index (κ2) is 13.9. The van der Waals surface area contributed by atoms with Gasteiger partial charge in [-0.1, -0.05) is 55.8 Å². The molecule has 0 saturated carbocycles.